The Kier molecular flexibility index (Phi) is 2.44. The van der Waals surface area contributed by atoms with Gasteiger partial charge in [0.1, 0.15) is 0 Å². The van der Waals surface area contributed by atoms with E-state index >= 15 is 0 Å². The van der Waals surface area contributed by atoms with Crippen LogP contribution in [0.4, 0.5) is 0 Å². The van der Waals surface area contributed by atoms with Crippen LogP contribution in [0.1, 0.15) is 18.4 Å². The number of hydrogen-bond acceptors (Lipinski definition) is 1. The summed E-state index contributed by atoms with van der Waals surface area (Å²) in [6.07, 6.45) is 4.93. The molecule has 1 fully saturated rings. The second kappa shape index (κ2) is 3.95. The van der Waals surface area contributed by atoms with Crippen LogP contribution in [0.3, 0.4) is 0 Å². The van der Waals surface area contributed by atoms with Gasteiger partial charge in [-0.2, -0.15) is 0 Å². The third kappa shape index (κ3) is 1.85. The molecule has 1 aromatic carbocycles. The predicted octanol–water partition coefficient (Wildman–Crippen LogP) is 2.70. The molecule has 16 heavy (non-hydrogen) atoms. The quantitative estimate of drug-likeness (QED) is 0.828. The highest BCUT2D eigenvalue weighted by Crippen LogP contribution is 2.20. The molecule has 1 saturated carbocycles. The largest absolute Gasteiger partial charge is 0.346 e. The van der Waals surface area contributed by atoms with Crippen molar-refractivity contribution in [1.82, 2.24) is 9.88 Å². The van der Waals surface area contributed by atoms with Crippen molar-refractivity contribution in [2.45, 2.75) is 32.4 Å². The van der Waals surface area contributed by atoms with E-state index in [0.717, 1.165) is 19.1 Å². The highest BCUT2D eigenvalue weighted by Gasteiger charge is 2.19. The minimum atomic E-state index is 0.809. The molecule has 0 unspecified atom stereocenters. The summed E-state index contributed by atoms with van der Waals surface area (Å²) in [7, 11) is 0. The highest BCUT2D eigenvalue weighted by atomic mass is 15.0. The molecule has 1 aliphatic carbocycles. The Morgan fingerprint density at radius 2 is 2.19 bits per heavy atom. The van der Waals surface area contributed by atoms with Gasteiger partial charge in [-0.15, -0.1) is 0 Å². The van der Waals surface area contributed by atoms with Gasteiger partial charge in [0, 0.05) is 36.2 Å². The number of benzene rings is 1. The normalized spacial score (nSPS) is 15.8. The van der Waals surface area contributed by atoms with Crippen LogP contribution in [0.5, 0.6) is 0 Å². The number of nitrogens with one attached hydrogen (secondary N) is 1. The molecule has 0 atom stereocenters. The molecule has 1 aliphatic rings. The van der Waals surface area contributed by atoms with E-state index in [2.05, 4.69) is 47.3 Å². The fourth-order valence-corrected chi connectivity index (χ4v) is 2.25. The van der Waals surface area contributed by atoms with Crippen molar-refractivity contribution in [3.05, 3.63) is 36.0 Å². The first-order valence-electron chi connectivity index (χ1n) is 6.12. The van der Waals surface area contributed by atoms with E-state index in [1.54, 1.807) is 0 Å². The highest BCUT2D eigenvalue weighted by molar-refractivity contribution is 5.83. The number of fused-ring (bicyclic) bond motifs is 1. The van der Waals surface area contributed by atoms with Crippen LogP contribution in [0.15, 0.2) is 30.5 Å². The molecule has 0 radical (unpaired) electrons. The number of nitrogens with zero attached hydrogens (tertiary/aromatic N) is 1. The maximum absolute atomic E-state index is 3.55. The molecule has 1 heterocycles. The van der Waals surface area contributed by atoms with E-state index in [0.29, 0.717) is 0 Å². The van der Waals surface area contributed by atoms with Gasteiger partial charge in [0.25, 0.3) is 0 Å². The minimum Gasteiger partial charge on any atom is -0.346 e. The second-order valence-corrected chi connectivity index (χ2v) is 4.75. The van der Waals surface area contributed by atoms with E-state index in [-0.39, 0.29) is 0 Å². The van der Waals surface area contributed by atoms with Gasteiger partial charge in [-0.1, -0.05) is 12.1 Å². The number of hydrogen-bond donors (Lipinski definition) is 1. The molecule has 0 aliphatic heterocycles. The lowest BCUT2D eigenvalue weighted by atomic mass is 10.1. The zero-order chi connectivity index (χ0) is 11.0. The van der Waals surface area contributed by atoms with Crippen molar-refractivity contribution in [2.24, 2.45) is 0 Å². The van der Waals surface area contributed by atoms with Crippen molar-refractivity contribution in [3.8, 4) is 0 Å². The fraction of sp³-hybridized carbons (Fsp3) is 0.429. The molecular formula is C14H18N2. The molecule has 2 heteroatoms. The first kappa shape index (κ1) is 9.91. The molecule has 0 saturated heterocycles. The van der Waals surface area contributed by atoms with Gasteiger partial charge in [-0.05, 0) is 37.5 Å². The summed E-state index contributed by atoms with van der Waals surface area (Å²) in [6.45, 7) is 4.33. The fourth-order valence-electron chi connectivity index (χ4n) is 2.25. The van der Waals surface area contributed by atoms with Crippen LogP contribution in [0.2, 0.25) is 0 Å². The Balaban J connectivity index is 1.77. The summed E-state index contributed by atoms with van der Waals surface area (Å²) in [5.74, 6) is 0. The lowest BCUT2D eigenvalue weighted by molar-refractivity contribution is 0.606. The molecule has 84 valence electrons. The standard InChI is InChI=1S/C14H18N2/c1-11-3-2-4-14-13(11)7-9-16(14)10-8-15-12-5-6-12/h2-4,7,9,12,15H,5-6,8,10H2,1H3. The van der Waals surface area contributed by atoms with Gasteiger partial charge >= 0.3 is 0 Å². The van der Waals surface area contributed by atoms with Crippen molar-refractivity contribution in [1.29, 1.82) is 0 Å². The predicted molar refractivity (Wildman–Crippen MR) is 67.7 cm³/mol. The summed E-state index contributed by atoms with van der Waals surface area (Å²) in [4.78, 5) is 0. The molecule has 2 aromatic rings. The lowest BCUT2D eigenvalue weighted by Gasteiger charge is -2.06. The van der Waals surface area contributed by atoms with Crippen molar-refractivity contribution in [2.75, 3.05) is 6.54 Å². The molecule has 2 nitrogen and oxygen atoms in total. The Bertz CT molecular complexity index is 494. The van der Waals surface area contributed by atoms with Crippen LogP contribution in [-0.4, -0.2) is 17.2 Å². The van der Waals surface area contributed by atoms with E-state index in [4.69, 9.17) is 0 Å². The van der Waals surface area contributed by atoms with Crippen molar-refractivity contribution >= 4 is 10.9 Å². The number of aryl methyl sites for hydroxylation is 1. The molecule has 0 spiro atoms. The van der Waals surface area contributed by atoms with Crippen molar-refractivity contribution < 1.29 is 0 Å². The van der Waals surface area contributed by atoms with E-state index in [1.807, 2.05) is 0 Å². The third-order valence-corrected chi connectivity index (χ3v) is 3.39. The van der Waals surface area contributed by atoms with Crippen molar-refractivity contribution in [3.63, 3.8) is 0 Å². The Morgan fingerprint density at radius 1 is 1.31 bits per heavy atom. The topological polar surface area (TPSA) is 17.0 Å². The van der Waals surface area contributed by atoms with Gasteiger partial charge in [-0.25, -0.2) is 0 Å². The van der Waals surface area contributed by atoms with Crippen LogP contribution in [0.25, 0.3) is 10.9 Å². The average molecular weight is 214 g/mol. The van der Waals surface area contributed by atoms with Gasteiger partial charge in [0.15, 0.2) is 0 Å². The van der Waals surface area contributed by atoms with Crippen LogP contribution < -0.4 is 5.32 Å². The molecular weight excluding hydrogens is 196 g/mol. The Labute approximate surface area is 96.3 Å². The zero-order valence-corrected chi connectivity index (χ0v) is 9.74. The number of rotatable bonds is 4. The van der Waals surface area contributed by atoms with Crippen LogP contribution >= 0.6 is 0 Å². The first-order valence-corrected chi connectivity index (χ1v) is 6.12. The molecule has 1 aromatic heterocycles. The summed E-state index contributed by atoms with van der Waals surface area (Å²) in [6, 6.07) is 9.56. The van der Waals surface area contributed by atoms with Crippen LogP contribution in [0, 0.1) is 6.92 Å². The van der Waals surface area contributed by atoms with Gasteiger partial charge in [0.2, 0.25) is 0 Å². The van der Waals surface area contributed by atoms with Gasteiger partial charge in [-0.3, -0.25) is 0 Å². The molecule has 0 amide bonds. The monoisotopic (exact) mass is 214 g/mol. The molecule has 1 N–H and O–H groups in total. The number of aromatic nitrogens is 1. The summed E-state index contributed by atoms with van der Waals surface area (Å²) in [5.41, 5.74) is 2.73. The van der Waals surface area contributed by atoms with Gasteiger partial charge < -0.3 is 9.88 Å². The summed E-state index contributed by atoms with van der Waals surface area (Å²) >= 11 is 0. The molecule has 0 bridgehead atoms. The molecule has 3 rings (SSSR count). The minimum absolute atomic E-state index is 0.809. The Hall–Kier alpha value is -1.28. The SMILES string of the molecule is Cc1cccc2c1ccn2CCNC1CC1. The maximum Gasteiger partial charge on any atom is 0.0483 e. The van der Waals surface area contributed by atoms with Gasteiger partial charge in [0.05, 0.1) is 0 Å². The maximum atomic E-state index is 3.55. The first-order chi connectivity index (χ1) is 7.84. The zero-order valence-electron chi connectivity index (χ0n) is 9.74. The Morgan fingerprint density at radius 3 is 3.00 bits per heavy atom. The smallest absolute Gasteiger partial charge is 0.0483 e. The average Bonchev–Trinajstić information content (AvgIpc) is 3.00. The van der Waals surface area contributed by atoms with E-state index < -0.39 is 0 Å². The van der Waals surface area contributed by atoms with Crippen LogP contribution in [-0.2, 0) is 6.54 Å². The second-order valence-electron chi connectivity index (χ2n) is 4.75. The van der Waals surface area contributed by atoms with E-state index in [1.165, 1.54) is 29.3 Å². The summed E-state index contributed by atoms with van der Waals surface area (Å²) in [5, 5.41) is 4.94. The lowest BCUT2D eigenvalue weighted by Crippen LogP contribution is -2.21. The third-order valence-electron chi connectivity index (χ3n) is 3.39. The van der Waals surface area contributed by atoms with E-state index in [9.17, 15) is 0 Å². The summed E-state index contributed by atoms with van der Waals surface area (Å²) < 4.78 is 2.34.